The number of unbranched alkanes of at least 4 members (excludes halogenated alkanes) is 5. The van der Waals surface area contributed by atoms with Crippen molar-refractivity contribution >= 4 is 53.4 Å². The Balaban J connectivity index is 2.35. The standard InChI is InChI=1S/C22H21F6N3O10S2/c1-2-3-4-5-6-7-8-29-15-11-19(40-42(36,37)21(23,24)25)17(30(32)33)9-13(15)14-10-18(31(34)35)20(12-16(14)29)41-43(38,39)22(26,27)28/h9-12H,2-8H2,1H3. The molecule has 1 heterocycles. The summed E-state index contributed by atoms with van der Waals surface area (Å²) in [6.07, 6.45) is 4.24. The van der Waals surface area contributed by atoms with Gasteiger partial charge in [-0.05, 0) is 6.42 Å². The van der Waals surface area contributed by atoms with Gasteiger partial charge in [0.25, 0.3) is 0 Å². The van der Waals surface area contributed by atoms with E-state index in [4.69, 9.17) is 0 Å². The van der Waals surface area contributed by atoms with Gasteiger partial charge in [-0.3, -0.25) is 20.2 Å². The molecule has 0 radical (unpaired) electrons. The maximum atomic E-state index is 13.0. The SMILES string of the molecule is CCCCCCCCn1c2cc(OS(=O)(=O)C(F)(F)F)c([N+](=O)[O-])cc2c2cc([N+](=O)[O-])c(OS(=O)(=O)C(F)(F)F)cc21. The summed E-state index contributed by atoms with van der Waals surface area (Å²) in [5, 5.41) is 22.8. The lowest BCUT2D eigenvalue weighted by molar-refractivity contribution is -0.385. The Hall–Kier alpha value is -3.88. The highest BCUT2D eigenvalue weighted by Crippen LogP contribution is 2.44. The van der Waals surface area contributed by atoms with Gasteiger partial charge in [-0.15, -0.1) is 0 Å². The van der Waals surface area contributed by atoms with Gasteiger partial charge in [0.05, 0.1) is 20.9 Å². The van der Waals surface area contributed by atoms with E-state index in [1.807, 2.05) is 6.92 Å². The third-order valence-corrected chi connectivity index (χ3v) is 8.05. The van der Waals surface area contributed by atoms with Crippen LogP contribution in [-0.4, -0.2) is 42.3 Å². The molecular weight excluding hydrogens is 644 g/mol. The number of nitro groups is 2. The second kappa shape index (κ2) is 12.0. The zero-order valence-corrected chi connectivity index (χ0v) is 23.4. The highest BCUT2D eigenvalue weighted by Gasteiger charge is 2.50. The lowest BCUT2D eigenvalue weighted by Gasteiger charge is -2.12. The lowest BCUT2D eigenvalue weighted by Crippen LogP contribution is -2.28. The van der Waals surface area contributed by atoms with Crippen molar-refractivity contribution in [3.05, 3.63) is 44.5 Å². The summed E-state index contributed by atoms with van der Waals surface area (Å²) >= 11 is 0. The Bertz CT molecular complexity index is 1660. The van der Waals surface area contributed by atoms with E-state index in [0.29, 0.717) is 37.1 Å². The fraction of sp³-hybridized carbons (Fsp3) is 0.455. The van der Waals surface area contributed by atoms with Crippen LogP contribution in [-0.2, 0) is 26.8 Å². The van der Waals surface area contributed by atoms with E-state index < -0.39 is 64.0 Å². The topological polar surface area (TPSA) is 178 Å². The van der Waals surface area contributed by atoms with Crippen LogP contribution in [0.15, 0.2) is 24.3 Å². The zero-order valence-electron chi connectivity index (χ0n) is 21.8. The Morgan fingerprint density at radius 2 is 1.07 bits per heavy atom. The molecule has 238 valence electrons. The Labute approximate surface area is 238 Å². The van der Waals surface area contributed by atoms with Crippen LogP contribution in [0.4, 0.5) is 37.7 Å². The number of halogens is 6. The quantitative estimate of drug-likeness (QED) is 0.0493. The molecule has 0 unspecified atom stereocenters. The van der Waals surface area contributed by atoms with Crippen LogP contribution >= 0.6 is 0 Å². The molecule has 43 heavy (non-hydrogen) atoms. The fourth-order valence-corrected chi connectivity index (χ4v) is 5.09. The molecule has 1 aromatic heterocycles. The van der Waals surface area contributed by atoms with Crippen molar-refractivity contribution in [1.29, 1.82) is 0 Å². The van der Waals surface area contributed by atoms with Crippen LogP contribution in [0.2, 0.25) is 0 Å². The van der Waals surface area contributed by atoms with E-state index in [1.165, 1.54) is 0 Å². The first kappa shape index (κ1) is 33.6. The van der Waals surface area contributed by atoms with Crippen LogP contribution in [0.3, 0.4) is 0 Å². The van der Waals surface area contributed by atoms with Gasteiger partial charge in [0.1, 0.15) is 0 Å². The van der Waals surface area contributed by atoms with E-state index in [9.17, 15) is 63.4 Å². The molecule has 3 rings (SSSR count). The van der Waals surface area contributed by atoms with Crippen molar-refractivity contribution in [2.75, 3.05) is 0 Å². The van der Waals surface area contributed by atoms with Gasteiger partial charge >= 0.3 is 42.6 Å². The first-order valence-corrected chi connectivity index (χ1v) is 15.0. The average Bonchev–Trinajstić information content (AvgIpc) is 3.14. The van der Waals surface area contributed by atoms with Gasteiger partial charge in [-0.1, -0.05) is 39.0 Å². The molecule has 0 amide bonds. The second-order valence-electron chi connectivity index (χ2n) is 9.07. The molecular formula is C22H21F6N3O10S2. The monoisotopic (exact) mass is 665 g/mol. The number of aromatic nitrogens is 1. The summed E-state index contributed by atoms with van der Waals surface area (Å²) in [4.78, 5) is 20.8. The molecule has 21 heteroatoms. The summed E-state index contributed by atoms with van der Waals surface area (Å²) in [6, 6.07) is 2.28. The number of benzene rings is 2. The molecule has 0 aliphatic rings. The number of aryl methyl sites for hydroxylation is 1. The molecule has 0 atom stereocenters. The van der Waals surface area contributed by atoms with Gasteiger partial charge in [-0.2, -0.15) is 43.2 Å². The van der Waals surface area contributed by atoms with E-state index in [2.05, 4.69) is 8.37 Å². The minimum atomic E-state index is -6.40. The third kappa shape index (κ3) is 7.03. The van der Waals surface area contributed by atoms with Crippen molar-refractivity contribution in [2.45, 2.75) is 63.0 Å². The molecule has 13 nitrogen and oxygen atoms in total. The van der Waals surface area contributed by atoms with Crippen LogP contribution in [0.25, 0.3) is 21.8 Å². The number of nitrogens with zero attached hydrogens (tertiary/aromatic N) is 3. The number of nitro benzene ring substituents is 2. The number of hydrogen-bond acceptors (Lipinski definition) is 10. The molecule has 0 spiro atoms. The van der Waals surface area contributed by atoms with Crippen molar-refractivity contribution in [3.63, 3.8) is 0 Å². The molecule has 0 bridgehead atoms. The van der Waals surface area contributed by atoms with Gasteiger partial charge in [0.15, 0.2) is 0 Å². The summed E-state index contributed by atoms with van der Waals surface area (Å²) in [5.41, 5.74) is -15.0. The maximum Gasteiger partial charge on any atom is 0.534 e. The minimum absolute atomic E-state index is 0.0847. The molecule has 0 fully saturated rings. The summed E-state index contributed by atoms with van der Waals surface area (Å²) < 4.78 is 134. The highest BCUT2D eigenvalue weighted by molar-refractivity contribution is 7.88. The molecule has 0 saturated heterocycles. The number of alkyl halides is 6. The number of hydrogen-bond donors (Lipinski definition) is 0. The molecule has 2 aromatic carbocycles. The molecule has 0 aliphatic heterocycles. The predicted octanol–water partition coefficient (Wildman–Crippen LogP) is 6.43. The summed E-state index contributed by atoms with van der Waals surface area (Å²) in [7, 11) is -12.8. The maximum absolute atomic E-state index is 13.0. The first-order chi connectivity index (χ1) is 19.7. The van der Waals surface area contributed by atoms with Crippen molar-refractivity contribution < 1.29 is 61.4 Å². The van der Waals surface area contributed by atoms with E-state index >= 15 is 0 Å². The Morgan fingerprint density at radius 3 is 1.42 bits per heavy atom. The minimum Gasteiger partial charge on any atom is -0.369 e. The van der Waals surface area contributed by atoms with Crippen molar-refractivity contribution in [2.24, 2.45) is 0 Å². The molecule has 0 N–H and O–H groups in total. The lowest BCUT2D eigenvalue weighted by atomic mass is 10.1. The van der Waals surface area contributed by atoms with Gasteiger partial charge in [-0.25, -0.2) is 0 Å². The van der Waals surface area contributed by atoms with Gasteiger partial charge in [0, 0.05) is 41.6 Å². The van der Waals surface area contributed by atoms with E-state index in [0.717, 1.165) is 30.3 Å². The average molecular weight is 666 g/mol. The Kier molecular flexibility index (Phi) is 9.39. The normalized spacial score (nSPS) is 13.0. The van der Waals surface area contributed by atoms with Gasteiger partial charge < -0.3 is 12.9 Å². The van der Waals surface area contributed by atoms with E-state index in [-0.39, 0.29) is 28.4 Å². The summed E-state index contributed by atoms with van der Waals surface area (Å²) in [6.45, 7) is 1.88. The predicted molar refractivity (Wildman–Crippen MR) is 137 cm³/mol. The molecule has 0 saturated carbocycles. The Morgan fingerprint density at radius 1 is 0.698 bits per heavy atom. The van der Waals surface area contributed by atoms with Crippen molar-refractivity contribution in [3.8, 4) is 11.5 Å². The van der Waals surface area contributed by atoms with Gasteiger partial charge in [0.2, 0.25) is 11.5 Å². The third-order valence-electron chi connectivity index (χ3n) is 6.12. The molecule has 0 aliphatic carbocycles. The second-order valence-corrected chi connectivity index (χ2v) is 12.1. The van der Waals surface area contributed by atoms with Crippen molar-refractivity contribution in [1.82, 2.24) is 4.57 Å². The smallest absolute Gasteiger partial charge is 0.369 e. The highest BCUT2D eigenvalue weighted by atomic mass is 32.2. The van der Waals surface area contributed by atoms with Crippen LogP contribution in [0.5, 0.6) is 11.5 Å². The summed E-state index contributed by atoms with van der Waals surface area (Å²) in [5.74, 6) is -2.74. The van der Waals surface area contributed by atoms with Crippen LogP contribution in [0, 0.1) is 20.2 Å². The number of rotatable bonds is 13. The first-order valence-electron chi connectivity index (χ1n) is 12.2. The largest absolute Gasteiger partial charge is 0.534 e. The zero-order chi connectivity index (χ0) is 32.5. The van der Waals surface area contributed by atoms with E-state index in [1.54, 1.807) is 0 Å². The molecule has 3 aromatic rings. The van der Waals surface area contributed by atoms with Crippen LogP contribution < -0.4 is 8.37 Å². The van der Waals surface area contributed by atoms with Crippen LogP contribution in [0.1, 0.15) is 45.4 Å². The number of fused-ring (bicyclic) bond motifs is 3. The fourth-order valence-electron chi connectivity index (χ4n) is 4.16.